The van der Waals surface area contributed by atoms with Crippen molar-refractivity contribution in [3.8, 4) is 11.5 Å². The number of aryl methyl sites for hydroxylation is 1. The summed E-state index contributed by atoms with van der Waals surface area (Å²) in [6.45, 7) is 6.39. The van der Waals surface area contributed by atoms with E-state index >= 15 is 0 Å². The highest BCUT2D eigenvalue weighted by molar-refractivity contribution is 6.37. The molecule has 0 aliphatic heterocycles. The highest BCUT2D eigenvalue weighted by Crippen LogP contribution is 2.34. The number of carbonyl (C=O) groups excluding carboxylic acids is 1. The number of hydrogen-bond acceptors (Lipinski definition) is 4. The molecule has 35 heavy (non-hydrogen) atoms. The fourth-order valence-corrected chi connectivity index (χ4v) is 4.47. The Morgan fingerprint density at radius 2 is 1.54 bits per heavy atom. The first-order chi connectivity index (χ1) is 16.7. The zero-order valence-corrected chi connectivity index (χ0v) is 21.8. The minimum absolute atomic E-state index is 0.0535. The van der Waals surface area contributed by atoms with Gasteiger partial charge in [0.2, 0.25) is 5.91 Å². The largest absolute Gasteiger partial charge is 0.490 e. The Kier molecular flexibility index (Phi) is 9.84. The van der Waals surface area contributed by atoms with Crippen molar-refractivity contribution in [2.75, 3.05) is 13.2 Å². The van der Waals surface area contributed by atoms with Gasteiger partial charge in [-0.15, -0.1) is 0 Å². The second kappa shape index (κ2) is 12.8. The summed E-state index contributed by atoms with van der Waals surface area (Å²) in [5.41, 5.74) is 9.21. The van der Waals surface area contributed by atoms with E-state index in [1.54, 1.807) is 12.1 Å². The lowest BCUT2D eigenvalue weighted by molar-refractivity contribution is -0.126. The van der Waals surface area contributed by atoms with Crippen LogP contribution in [0.2, 0.25) is 10.0 Å². The molecule has 3 rings (SSSR count). The summed E-state index contributed by atoms with van der Waals surface area (Å²) in [7, 11) is 0. The molecule has 0 saturated carbocycles. The summed E-state index contributed by atoms with van der Waals surface area (Å²) in [6, 6.07) is 20.8. The summed E-state index contributed by atoms with van der Waals surface area (Å²) in [5.74, 6) is 0.769. The lowest BCUT2D eigenvalue weighted by Crippen LogP contribution is -2.42. The number of carbonyl (C=O) groups is 1. The van der Waals surface area contributed by atoms with E-state index < -0.39 is 0 Å². The Bertz CT molecular complexity index is 1080. The van der Waals surface area contributed by atoms with E-state index in [0.717, 1.165) is 16.7 Å². The molecule has 3 aromatic rings. The molecule has 0 fully saturated rings. The Morgan fingerprint density at radius 1 is 0.943 bits per heavy atom. The number of hydrogen-bond donors (Lipinski definition) is 2. The number of halogens is 2. The summed E-state index contributed by atoms with van der Waals surface area (Å²) >= 11 is 12.4. The van der Waals surface area contributed by atoms with Crippen LogP contribution in [0, 0.1) is 12.8 Å². The molecule has 0 heterocycles. The van der Waals surface area contributed by atoms with Crippen LogP contribution in [0.25, 0.3) is 0 Å². The molecule has 0 aromatic heterocycles. The third-order valence-corrected chi connectivity index (χ3v) is 6.31. The Labute approximate surface area is 217 Å². The quantitative estimate of drug-likeness (QED) is 0.301. The van der Waals surface area contributed by atoms with Crippen LogP contribution < -0.4 is 20.5 Å². The van der Waals surface area contributed by atoms with Crippen molar-refractivity contribution in [1.29, 1.82) is 0 Å². The van der Waals surface area contributed by atoms with Crippen LogP contribution in [0.4, 0.5) is 0 Å². The molecular weight excluding hydrogens is 483 g/mol. The van der Waals surface area contributed by atoms with Crippen molar-refractivity contribution in [2.24, 2.45) is 11.7 Å². The van der Waals surface area contributed by atoms with Gasteiger partial charge in [0.25, 0.3) is 0 Å². The fourth-order valence-electron chi connectivity index (χ4n) is 3.77. The molecule has 3 unspecified atom stereocenters. The number of amides is 1. The molecule has 0 spiro atoms. The van der Waals surface area contributed by atoms with Gasteiger partial charge in [-0.25, -0.2) is 0 Å². The maximum absolute atomic E-state index is 12.9. The molecule has 3 atom stereocenters. The smallest absolute Gasteiger partial charge is 0.225 e. The molecule has 5 nitrogen and oxygen atoms in total. The van der Waals surface area contributed by atoms with Gasteiger partial charge in [-0.2, -0.15) is 0 Å². The highest BCUT2D eigenvalue weighted by atomic mass is 35.5. The maximum Gasteiger partial charge on any atom is 0.225 e. The van der Waals surface area contributed by atoms with Crippen molar-refractivity contribution in [1.82, 2.24) is 5.32 Å². The summed E-state index contributed by atoms with van der Waals surface area (Å²) < 4.78 is 11.5. The first-order valence-corrected chi connectivity index (χ1v) is 12.4. The van der Waals surface area contributed by atoms with E-state index in [2.05, 4.69) is 5.32 Å². The number of benzene rings is 3. The van der Waals surface area contributed by atoms with Gasteiger partial charge in [0.05, 0.1) is 22.0 Å². The molecular formula is C28H32Cl2N2O3. The molecule has 0 radical (unpaired) electrons. The summed E-state index contributed by atoms with van der Waals surface area (Å²) in [4.78, 5) is 12.9. The van der Waals surface area contributed by atoms with Gasteiger partial charge in [0.15, 0.2) is 5.75 Å². The van der Waals surface area contributed by atoms with Crippen LogP contribution in [0.3, 0.4) is 0 Å². The highest BCUT2D eigenvalue weighted by Gasteiger charge is 2.24. The standard InChI is InChI=1S/C28H32Cl2N2O3/c1-18-15-25(29)27(26(30)16-18)35-14-13-34-23-11-9-21(10-12-23)17-24(19(2)31)28(33)32-20(3)22-7-5-4-6-8-22/h4-12,15-16,19-20,24H,13-14,17,31H2,1-3H3,(H,32,33). The molecule has 7 heteroatoms. The minimum Gasteiger partial charge on any atom is -0.490 e. The van der Waals surface area contributed by atoms with E-state index in [1.807, 2.05) is 75.4 Å². The number of ether oxygens (including phenoxy) is 2. The predicted octanol–water partition coefficient (Wildman–Crippen LogP) is 6.14. The maximum atomic E-state index is 12.9. The van der Waals surface area contributed by atoms with E-state index in [0.29, 0.717) is 41.2 Å². The number of nitrogens with two attached hydrogens (primary N) is 1. The molecule has 186 valence electrons. The Morgan fingerprint density at radius 3 is 2.14 bits per heavy atom. The van der Waals surface area contributed by atoms with Crippen LogP contribution in [0.1, 0.15) is 36.6 Å². The molecule has 0 aliphatic carbocycles. The average molecular weight is 515 g/mol. The van der Waals surface area contributed by atoms with Crippen molar-refractivity contribution < 1.29 is 14.3 Å². The second-order valence-corrected chi connectivity index (χ2v) is 9.52. The van der Waals surface area contributed by atoms with Crippen LogP contribution >= 0.6 is 23.2 Å². The molecule has 3 N–H and O–H groups in total. The third kappa shape index (κ3) is 7.89. The second-order valence-electron chi connectivity index (χ2n) is 8.71. The average Bonchev–Trinajstić information content (AvgIpc) is 2.82. The Balaban J connectivity index is 1.51. The van der Waals surface area contributed by atoms with E-state index in [-0.39, 0.29) is 23.9 Å². The first kappa shape index (κ1) is 26.9. The fraction of sp³-hybridized carbons (Fsp3) is 0.321. The Hall–Kier alpha value is -2.73. The van der Waals surface area contributed by atoms with Crippen LogP contribution in [-0.2, 0) is 11.2 Å². The van der Waals surface area contributed by atoms with Crippen molar-refractivity contribution in [3.63, 3.8) is 0 Å². The van der Waals surface area contributed by atoms with E-state index in [1.165, 1.54) is 0 Å². The van der Waals surface area contributed by atoms with Crippen LogP contribution in [0.5, 0.6) is 11.5 Å². The van der Waals surface area contributed by atoms with Gasteiger partial charge in [-0.05, 0) is 68.1 Å². The van der Waals surface area contributed by atoms with Crippen molar-refractivity contribution >= 4 is 29.1 Å². The van der Waals surface area contributed by atoms with Gasteiger partial charge >= 0.3 is 0 Å². The zero-order valence-electron chi connectivity index (χ0n) is 20.3. The normalized spacial score (nSPS) is 13.5. The van der Waals surface area contributed by atoms with Gasteiger partial charge in [-0.1, -0.05) is 65.7 Å². The summed E-state index contributed by atoms with van der Waals surface area (Å²) in [6.07, 6.45) is 0.540. The summed E-state index contributed by atoms with van der Waals surface area (Å²) in [5, 5.41) is 4.05. The number of nitrogens with one attached hydrogen (secondary N) is 1. The molecule has 3 aromatic carbocycles. The third-order valence-electron chi connectivity index (χ3n) is 5.75. The van der Waals surface area contributed by atoms with Crippen molar-refractivity contribution in [2.45, 2.75) is 39.3 Å². The lowest BCUT2D eigenvalue weighted by atomic mass is 9.92. The monoisotopic (exact) mass is 514 g/mol. The van der Waals surface area contributed by atoms with E-state index in [9.17, 15) is 4.79 Å². The molecule has 0 saturated heterocycles. The van der Waals surface area contributed by atoms with Crippen molar-refractivity contribution in [3.05, 3.63) is 93.5 Å². The molecule has 0 aliphatic rings. The van der Waals surface area contributed by atoms with Gasteiger partial charge in [-0.3, -0.25) is 4.79 Å². The van der Waals surface area contributed by atoms with Gasteiger partial charge in [0, 0.05) is 6.04 Å². The van der Waals surface area contributed by atoms with Gasteiger partial charge < -0.3 is 20.5 Å². The molecule has 1 amide bonds. The lowest BCUT2D eigenvalue weighted by Gasteiger charge is -2.23. The topological polar surface area (TPSA) is 73.6 Å². The van der Waals surface area contributed by atoms with Gasteiger partial charge in [0.1, 0.15) is 19.0 Å². The molecule has 0 bridgehead atoms. The van der Waals surface area contributed by atoms with E-state index in [4.69, 9.17) is 38.4 Å². The van der Waals surface area contributed by atoms with Crippen LogP contribution in [-0.4, -0.2) is 25.2 Å². The first-order valence-electron chi connectivity index (χ1n) is 11.7. The minimum atomic E-state index is -0.342. The predicted molar refractivity (Wildman–Crippen MR) is 142 cm³/mol. The SMILES string of the molecule is Cc1cc(Cl)c(OCCOc2ccc(CC(C(=O)NC(C)c3ccccc3)C(C)N)cc2)c(Cl)c1. The van der Waals surface area contributed by atoms with Crippen LogP contribution in [0.15, 0.2) is 66.7 Å². The zero-order chi connectivity index (χ0) is 25.4. The number of rotatable bonds is 11.